The van der Waals surface area contributed by atoms with Crippen molar-refractivity contribution >= 4 is 11.7 Å². The second-order valence-electron chi connectivity index (χ2n) is 6.39. The Labute approximate surface area is 151 Å². The Kier molecular flexibility index (Phi) is 7.58. The summed E-state index contributed by atoms with van der Waals surface area (Å²) in [6.07, 6.45) is 6.48. The lowest BCUT2D eigenvalue weighted by Gasteiger charge is -2.07. The average Bonchev–Trinajstić information content (AvgIpc) is 2.65. The fourth-order valence-electron chi connectivity index (χ4n) is 2.67. The quantitative estimate of drug-likeness (QED) is 0.507. The Bertz CT molecular complexity index is 690. The second kappa shape index (κ2) is 9.92. The molecular formula is C21H30N4. The van der Waals surface area contributed by atoms with Crippen LogP contribution in [-0.2, 0) is 19.3 Å². The van der Waals surface area contributed by atoms with Gasteiger partial charge in [-0.25, -0.2) is 15.4 Å². The largest absolute Gasteiger partial charge is 0.245 e. The number of benzene rings is 1. The average molecular weight is 338 g/mol. The van der Waals surface area contributed by atoms with Crippen LogP contribution in [0.5, 0.6) is 0 Å². The van der Waals surface area contributed by atoms with Crippen LogP contribution in [0.15, 0.2) is 35.4 Å². The van der Waals surface area contributed by atoms with E-state index in [1.807, 2.05) is 6.92 Å². The van der Waals surface area contributed by atoms with E-state index in [2.05, 4.69) is 71.6 Å². The van der Waals surface area contributed by atoms with Crippen LogP contribution >= 0.6 is 0 Å². The fraction of sp³-hybridized carbons (Fsp3) is 0.476. The first-order valence-corrected chi connectivity index (χ1v) is 9.42. The zero-order chi connectivity index (χ0) is 18.1. The minimum atomic E-state index is 0.590. The first-order valence-electron chi connectivity index (χ1n) is 9.42. The molecular weight excluding hydrogens is 308 g/mol. The Balaban J connectivity index is 2.10. The highest BCUT2D eigenvalue weighted by atomic mass is 15.4. The maximum atomic E-state index is 4.59. The molecule has 0 atom stereocenters. The molecule has 25 heavy (non-hydrogen) atoms. The molecule has 0 aliphatic rings. The molecule has 0 unspecified atom stereocenters. The van der Waals surface area contributed by atoms with E-state index in [4.69, 9.17) is 0 Å². The summed E-state index contributed by atoms with van der Waals surface area (Å²) in [7, 11) is 0. The van der Waals surface area contributed by atoms with Crippen LogP contribution in [0.1, 0.15) is 69.5 Å². The van der Waals surface area contributed by atoms with E-state index in [0.717, 1.165) is 48.3 Å². The minimum Gasteiger partial charge on any atom is -0.245 e. The van der Waals surface area contributed by atoms with Gasteiger partial charge in [-0.05, 0) is 49.8 Å². The van der Waals surface area contributed by atoms with E-state index in [1.165, 1.54) is 18.4 Å². The third-order valence-electron chi connectivity index (χ3n) is 4.21. The maximum Gasteiger partial charge on any atom is 0.243 e. The molecule has 0 radical (unpaired) electrons. The number of rotatable bonds is 9. The number of hydrazone groups is 1. The lowest BCUT2D eigenvalue weighted by Crippen LogP contribution is -2.06. The Hall–Kier alpha value is -2.23. The lowest BCUT2D eigenvalue weighted by atomic mass is 10.1. The first kappa shape index (κ1) is 19.1. The highest BCUT2D eigenvalue weighted by molar-refractivity contribution is 5.99. The van der Waals surface area contributed by atoms with Crippen molar-refractivity contribution in [2.24, 2.45) is 5.10 Å². The molecule has 1 aromatic heterocycles. The van der Waals surface area contributed by atoms with E-state index in [9.17, 15) is 0 Å². The molecule has 0 saturated carbocycles. The summed E-state index contributed by atoms with van der Waals surface area (Å²) in [6.45, 7) is 8.51. The molecule has 4 nitrogen and oxygen atoms in total. The van der Waals surface area contributed by atoms with Crippen molar-refractivity contribution in [3.8, 4) is 0 Å². The summed E-state index contributed by atoms with van der Waals surface area (Å²) in [5.41, 5.74) is 8.60. The summed E-state index contributed by atoms with van der Waals surface area (Å²) >= 11 is 0. The van der Waals surface area contributed by atoms with Gasteiger partial charge in [0.2, 0.25) is 5.95 Å². The molecule has 1 N–H and O–H groups in total. The number of unbranched alkanes of at least 4 members (excludes halogenated alkanes) is 1. The Morgan fingerprint density at radius 2 is 1.68 bits per heavy atom. The van der Waals surface area contributed by atoms with Crippen LogP contribution in [-0.4, -0.2) is 15.7 Å². The van der Waals surface area contributed by atoms with Crippen LogP contribution in [0.4, 0.5) is 5.95 Å². The van der Waals surface area contributed by atoms with Crippen LogP contribution in [0, 0.1) is 0 Å². The third-order valence-corrected chi connectivity index (χ3v) is 4.21. The number of nitrogens with zero attached hydrogens (tertiary/aromatic N) is 3. The minimum absolute atomic E-state index is 0.590. The predicted octanol–water partition coefficient (Wildman–Crippen LogP) is 5.17. The molecule has 134 valence electrons. The number of aryl methyl sites for hydroxylation is 3. The van der Waals surface area contributed by atoms with Gasteiger partial charge < -0.3 is 0 Å². The standard InChI is InChI=1S/C21H30N4/c1-5-8-10-20-15-19(7-3)22-21(23-20)25-24-16(4)18-13-11-17(9-6-2)12-14-18/h11-15H,5-10H2,1-4H3,(H,22,23,25). The summed E-state index contributed by atoms with van der Waals surface area (Å²) in [5.74, 6) is 0.590. The maximum absolute atomic E-state index is 4.59. The van der Waals surface area contributed by atoms with Gasteiger partial charge in [-0.15, -0.1) is 0 Å². The number of hydrogen-bond donors (Lipinski definition) is 1. The van der Waals surface area contributed by atoms with Gasteiger partial charge in [0.15, 0.2) is 0 Å². The highest BCUT2D eigenvalue weighted by Gasteiger charge is 2.04. The van der Waals surface area contributed by atoms with Gasteiger partial charge in [0.05, 0.1) is 5.71 Å². The van der Waals surface area contributed by atoms with E-state index in [1.54, 1.807) is 0 Å². The first-order chi connectivity index (χ1) is 12.2. The summed E-state index contributed by atoms with van der Waals surface area (Å²) in [5, 5.41) is 4.48. The molecule has 0 bridgehead atoms. The van der Waals surface area contributed by atoms with Gasteiger partial charge in [-0.2, -0.15) is 5.10 Å². The second-order valence-corrected chi connectivity index (χ2v) is 6.39. The normalized spacial score (nSPS) is 11.6. The van der Waals surface area contributed by atoms with E-state index in [0.29, 0.717) is 5.95 Å². The van der Waals surface area contributed by atoms with Crippen molar-refractivity contribution in [2.75, 3.05) is 5.43 Å². The smallest absolute Gasteiger partial charge is 0.243 e. The van der Waals surface area contributed by atoms with Gasteiger partial charge in [-0.3, -0.25) is 0 Å². The van der Waals surface area contributed by atoms with Crippen molar-refractivity contribution < 1.29 is 0 Å². The molecule has 1 aromatic carbocycles. The van der Waals surface area contributed by atoms with E-state index >= 15 is 0 Å². The zero-order valence-corrected chi connectivity index (χ0v) is 16.0. The van der Waals surface area contributed by atoms with E-state index in [-0.39, 0.29) is 0 Å². The fourth-order valence-corrected chi connectivity index (χ4v) is 2.67. The van der Waals surface area contributed by atoms with Gasteiger partial charge in [0.25, 0.3) is 0 Å². The van der Waals surface area contributed by atoms with Crippen LogP contribution in [0.25, 0.3) is 0 Å². The van der Waals surface area contributed by atoms with Crippen molar-refractivity contribution in [3.63, 3.8) is 0 Å². The molecule has 2 rings (SSSR count). The van der Waals surface area contributed by atoms with Crippen LogP contribution in [0.3, 0.4) is 0 Å². The number of hydrogen-bond acceptors (Lipinski definition) is 4. The zero-order valence-electron chi connectivity index (χ0n) is 16.0. The summed E-state index contributed by atoms with van der Waals surface area (Å²) in [4.78, 5) is 9.13. The third kappa shape index (κ3) is 5.96. The molecule has 0 spiro atoms. The molecule has 0 aliphatic carbocycles. The van der Waals surface area contributed by atoms with Gasteiger partial charge in [0.1, 0.15) is 0 Å². The molecule has 1 heterocycles. The Morgan fingerprint density at radius 1 is 0.960 bits per heavy atom. The molecule has 2 aromatic rings. The number of aromatic nitrogens is 2. The molecule has 0 aliphatic heterocycles. The predicted molar refractivity (Wildman–Crippen MR) is 106 cm³/mol. The van der Waals surface area contributed by atoms with E-state index < -0.39 is 0 Å². The van der Waals surface area contributed by atoms with Crippen molar-refractivity contribution in [1.29, 1.82) is 0 Å². The SMILES string of the molecule is CCCCc1cc(CC)nc(NN=C(C)c2ccc(CCC)cc2)n1. The number of anilines is 1. The highest BCUT2D eigenvalue weighted by Crippen LogP contribution is 2.11. The van der Waals surface area contributed by atoms with Crippen LogP contribution < -0.4 is 5.43 Å². The molecule has 0 amide bonds. The molecule has 0 fully saturated rings. The van der Waals surface area contributed by atoms with Gasteiger partial charge >= 0.3 is 0 Å². The number of nitrogens with one attached hydrogen (secondary N) is 1. The Morgan fingerprint density at radius 3 is 2.32 bits per heavy atom. The van der Waals surface area contributed by atoms with Crippen molar-refractivity contribution in [1.82, 2.24) is 9.97 Å². The van der Waals surface area contributed by atoms with Crippen molar-refractivity contribution in [3.05, 3.63) is 52.8 Å². The summed E-state index contributed by atoms with van der Waals surface area (Å²) in [6, 6.07) is 10.7. The van der Waals surface area contributed by atoms with Crippen LogP contribution in [0.2, 0.25) is 0 Å². The summed E-state index contributed by atoms with van der Waals surface area (Å²) < 4.78 is 0. The van der Waals surface area contributed by atoms with Crippen molar-refractivity contribution in [2.45, 2.75) is 66.2 Å². The molecule has 4 heteroatoms. The molecule has 0 saturated heterocycles. The topological polar surface area (TPSA) is 50.2 Å². The lowest BCUT2D eigenvalue weighted by molar-refractivity contribution is 0.769. The van der Waals surface area contributed by atoms with Gasteiger partial charge in [0, 0.05) is 11.4 Å². The monoisotopic (exact) mass is 338 g/mol. The van der Waals surface area contributed by atoms with Gasteiger partial charge in [-0.1, -0.05) is 57.9 Å².